The van der Waals surface area contributed by atoms with Crippen LogP contribution in [-0.4, -0.2) is 39.7 Å². The molecule has 1 aliphatic heterocycles. The SMILES string of the molecule is NNc1c(F)c(N2CCC(N)C2)c(F)c2c1c(=O)c(C(=O)O)c1sc3cccc(O)c3n12. The van der Waals surface area contributed by atoms with Crippen LogP contribution in [0.3, 0.4) is 0 Å². The third-order valence-corrected chi connectivity index (χ3v) is 6.86. The van der Waals surface area contributed by atoms with Gasteiger partial charge in [-0.15, -0.1) is 11.3 Å². The largest absolute Gasteiger partial charge is 0.506 e. The van der Waals surface area contributed by atoms with Crippen molar-refractivity contribution in [2.45, 2.75) is 12.5 Å². The monoisotopic (exact) mass is 461 g/mol. The Hall–Kier alpha value is -3.48. The lowest BCUT2D eigenvalue weighted by Crippen LogP contribution is -2.29. The Kier molecular flexibility index (Phi) is 4.48. The number of hydrogen-bond donors (Lipinski definition) is 5. The molecule has 0 bridgehead atoms. The van der Waals surface area contributed by atoms with Crippen molar-refractivity contribution in [1.29, 1.82) is 0 Å². The fourth-order valence-electron chi connectivity index (χ4n) is 4.36. The van der Waals surface area contributed by atoms with Crippen molar-refractivity contribution in [2.75, 3.05) is 23.4 Å². The summed E-state index contributed by atoms with van der Waals surface area (Å²) in [6.45, 7) is 0.468. The van der Waals surface area contributed by atoms with Gasteiger partial charge in [-0.25, -0.2) is 13.6 Å². The summed E-state index contributed by atoms with van der Waals surface area (Å²) >= 11 is 0.901. The van der Waals surface area contributed by atoms with Gasteiger partial charge in [0, 0.05) is 19.1 Å². The number of anilines is 2. The Morgan fingerprint density at radius 3 is 2.62 bits per heavy atom. The first-order valence-corrected chi connectivity index (χ1v) is 10.4. The van der Waals surface area contributed by atoms with Crippen LogP contribution in [0.2, 0.25) is 0 Å². The van der Waals surface area contributed by atoms with E-state index < -0.39 is 45.4 Å². The lowest BCUT2D eigenvalue weighted by Gasteiger charge is -2.23. The minimum absolute atomic E-state index is 0.0935. The first-order chi connectivity index (χ1) is 15.3. The molecule has 0 radical (unpaired) electrons. The molecule has 3 heterocycles. The van der Waals surface area contributed by atoms with Crippen LogP contribution in [0.15, 0.2) is 23.0 Å². The molecule has 1 unspecified atom stereocenters. The van der Waals surface area contributed by atoms with E-state index in [4.69, 9.17) is 11.6 Å². The van der Waals surface area contributed by atoms with Gasteiger partial charge in [-0.05, 0) is 18.6 Å². The maximum Gasteiger partial charge on any atom is 0.342 e. The van der Waals surface area contributed by atoms with Gasteiger partial charge in [-0.1, -0.05) is 6.07 Å². The zero-order chi connectivity index (χ0) is 22.9. The quantitative estimate of drug-likeness (QED) is 0.230. The van der Waals surface area contributed by atoms with Crippen LogP contribution >= 0.6 is 11.3 Å². The molecule has 7 N–H and O–H groups in total. The van der Waals surface area contributed by atoms with Gasteiger partial charge >= 0.3 is 5.97 Å². The minimum atomic E-state index is -1.57. The summed E-state index contributed by atoms with van der Waals surface area (Å²) in [5.41, 5.74) is 5.00. The number of pyridine rings is 1. The molecule has 32 heavy (non-hydrogen) atoms. The smallest absolute Gasteiger partial charge is 0.342 e. The van der Waals surface area contributed by atoms with Gasteiger partial charge in [0.25, 0.3) is 0 Å². The van der Waals surface area contributed by atoms with Gasteiger partial charge in [0.15, 0.2) is 11.6 Å². The van der Waals surface area contributed by atoms with Crippen LogP contribution in [0.1, 0.15) is 16.8 Å². The number of benzene rings is 2. The highest BCUT2D eigenvalue weighted by Crippen LogP contribution is 2.42. The highest BCUT2D eigenvalue weighted by atomic mass is 32.1. The number of hydrazine groups is 1. The van der Waals surface area contributed by atoms with Crippen LogP contribution in [-0.2, 0) is 0 Å². The summed E-state index contributed by atoms with van der Waals surface area (Å²) in [6, 6.07) is 4.19. The van der Waals surface area contributed by atoms with Crippen LogP contribution < -0.4 is 27.3 Å². The number of nitrogens with zero attached hydrogens (tertiary/aromatic N) is 2. The molecule has 0 saturated carbocycles. The lowest BCUT2D eigenvalue weighted by molar-refractivity contribution is 0.0697. The second kappa shape index (κ2) is 7.02. The number of nitrogens with one attached hydrogen (secondary N) is 1. The Morgan fingerprint density at radius 2 is 2.00 bits per heavy atom. The summed E-state index contributed by atoms with van der Waals surface area (Å²) in [6.07, 6.45) is 0.512. The zero-order valence-electron chi connectivity index (χ0n) is 16.4. The number of fused-ring (bicyclic) bond motifs is 5. The number of carboxylic acids is 1. The van der Waals surface area contributed by atoms with Crippen LogP contribution in [0.4, 0.5) is 20.2 Å². The van der Waals surface area contributed by atoms with Gasteiger partial charge in [0.2, 0.25) is 5.43 Å². The number of aromatic hydroxyl groups is 1. The van der Waals surface area contributed by atoms with E-state index >= 15 is 8.78 Å². The molecule has 2 aromatic heterocycles. The molecule has 0 aliphatic carbocycles. The van der Waals surface area contributed by atoms with Gasteiger partial charge in [0.1, 0.15) is 33.0 Å². The average molecular weight is 461 g/mol. The number of aromatic carboxylic acids is 1. The first kappa shape index (κ1) is 20.4. The molecule has 1 atom stereocenters. The number of nitrogens with two attached hydrogens (primary N) is 2. The van der Waals surface area contributed by atoms with Crippen molar-refractivity contribution in [2.24, 2.45) is 11.6 Å². The van der Waals surface area contributed by atoms with E-state index in [0.717, 1.165) is 15.7 Å². The average Bonchev–Trinajstić information content (AvgIpc) is 3.32. The molecule has 1 saturated heterocycles. The zero-order valence-corrected chi connectivity index (χ0v) is 17.2. The number of phenolic OH excluding ortho intramolecular Hbond substituents is 1. The molecular formula is C20H17F2N5O4S. The second-order valence-electron chi connectivity index (χ2n) is 7.59. The number of hydrogen-bond acceptors (Lipinski definition) is 8. The van der Waals surface area contributed by atoms with Gasteiger partial charge in [-0.3, -0.25) is 15.0 Å². The number of aromatic nitrogens is 1. The van der Waals surface area contributed by atoms with Crippen molar-refractivity contribution < 1.29 is 23.8 Å². The summed E-state index contributed by atoms with van der Waals surface area (Å²) in [5, 5.41) is 19.7. The highest BCUT2D eigenvalue weighted by Gasteiger charge is 2.33. The Bertz CT molecular complexity index is 1520. The number of thiazole rings is 1. The van der Waals surface area contributed by atoms with E-state index in [-0.39, 0.29) is 40.7 Å². The molecule has 1 aliphatic rings. The van der Waals surface area contributed by atoms with E-state index in [9.17, 15) is 19.8 Å². The number of carbonyl (C=O) groups is 1. The standard InChI is InChI=1S/C20H17F2N5O4S/c21-12-14(25-24)10-16(13(22)17(12)26-5-4-7(23)6-26)27-15-8(28)2-1-3-9(15)32-19(27)11(18(10)29)20(30)31/h1-3,7,25,28H,4-6,23-24H2,(H,30,31). The molecule has 2 aromatic carbocycles. The van der Waals surface area contributed by atoms with E-state index in [1.807, 2.05) is 0 Å². The van der Waals surface area contributed by atoms with Crippen molar-refractivity contribution in [3.63, 3.8) is 0 Å². The van der Waals surface area contributed by atoms with Crippen LogP contribution in [0.25, 0.3) is 25.9 Å². The van der Waals surface area contributed by atoms with Crippen molar-refractivity contribution in [1.82, 2.24) is 4.40 Å². The van der Waals surface area contributed by atoms with Gasteiger partial charge in [-0.2, -0.15) is 0 Å². The molecular weight excluding hydrogens is 444 g/mol. The number of carboxylic acid groups (broad SMARTS) is 1. The third-order valence-electron chi connectivity index (χ3n) is 5.73. The normalized spacial score (nSPS) is 16.5. The number of halogens is 2. The number of para-hydroxylation sites is 1. The Labute approximate surface area is 182 Å². The van der Waals surface area contributed by atoms with Crippen molar-refractivity contribution >= 4 is 54.6 Å². The molecule has 12 heteroatoms. The topological polar surface area (TPSA) is 146 Å². The molecule has 0 amide bonds. The summed E-state index contributed by atoms with van der Waals surface area (Å²) in [7, 11) is 0. The number of nitrogen functional groups attached to an aromatic ring is 1. The predicted octanol–water partition coefficient (Wildman–Crippen LogP) is 2.17. The maximum atomic E-state index is 16.0. The summed E-state index contributed by atoms with van der Waals surface area (Å²) in [5.74, 6) is 1.50. The first-order valence-electron chi connectivity index (χ1n) is 9.60. The number of phenols is 1. The lowest BCUT2D eigenvalue weighted by atomic mass is 10.1. The molecule has 0 spiro atoms. The van der Waals surface area contributed by atoms with Crippen LogP contribution in [0, 0.1) is 11.6 Å². The molecule has 4 aromatic rings. The Balaban J connectivity index is 2.10. The Morgan fingerprint density at radius 1 is 1.25 bits per heavy atom. The van der Waals surface area contributed by atoms with Gasteiger partial charge < -0.3 is 26.3 Å². The summed E-state index contributed by atoms with van der Waals surface area (Å²) in [4.78, 5) is 26.5. The fraction of sp³-hybridized carbons (Fsp3) is 0.200. The van der Waals surface area contributed by atoms with E-state index in [1.165, 1.54) is 17.0 Å². The van der Waals surface area contributed by atoms with Crippen molar-refractivity contribution in [3.8, 4) is 5.75 Å². The maximum absolute atomic E-state index is 16.0. The van der Waals surface area contributed by atoms with E-state index in [1.54, 1.807) is 6.07 Å². The van der Waals surface area contributed by atoms with E-state index in [0.29, 0.717) is 11.1 Å². The fourth-order valence-corrected chi connectivity index (χ4v) is 5.56. The number of rotatable bonds is 3. The van der Waals surface area contributed by atoms with Gasteiger partial charge in [0.05, 0.1) is 15.6 Å². The second-order valence-corrected chi connectivity index (χ2v) is 8.62. The molecule has 5 rings (SSSR count). The summed E-state index contributed by atoms with van der Waals surface area (Å²) < 4.78 is 33.1. The molecule has 166 valence electrons. The van der Waals surface area contributed by atoms with E-state index in [2.05, 4.69) is 5.43 Å². The van der Waals surface area contributed by atoms with Crippen LogP contribution in [0.5, 0.6) is 5.75 Å². The molecule has 9 nitrogen and oxygen atoms in total. The predicted molar refractivity (Wildman–Crippen MR) is 118 cm³/mol. The molecule has 1 fully saturated rings. The van der Waals surface area contributed by atoms with Crippen molar-refractivity contribution in [3.05, 3.63) is 45.6 Å². The third kappa shape index (κ3) is 2.60. The highest BCUT2D eigenvalue weighted by molar-refractivity contribution is 7.24. The minimum Gasteiger partial charge on any atom is -0.506 e.